The molecule has 0 N–H and O–H groups in total. The molecule has 0 spiro atoms. The van der Waals surface area contributed by atoms with E-state index in [4.69, 9.17) is 4.74 Å². The van der Waals surface area contributed by atoms with Gasteiger partial charge in [-0.15, -0.1) is 11.3 Å². The van der Waals surface area contributed by atoms with Crippen molar-refractivity contribution in [3.63, 3.8) is 0 Å². The number of benzene rings is 2. The Labute approximate surface area is 118 Å². The van der Waals surface area contributed by atoms with E-state index in [0.29, 0.717) is 0 Å². The van der Waals surface area contributed by atoms with Gasteiger partial charge in [-0.05, 0) is 24.3 Å². The number of aromatic nitrogens is 1. The Morgan fingerprint density at radius 2 is 1.95 bits per heavy atom. The summed E-state index contributed by atoms with van der Waals surface area (Å²) >= 11 is 1.55. The average molecular weight is 286 g/mol. The van der Waals surface area contributed by atoms with Crippen molar-refractivity contribution in [3.8, 4) is 16.3 Å². The van der Waals surface area contributed by atoms with Gasteiger partial charge in [-0.25, -0.2) is 4.98 Å². The summed E-state index contributed by atoms with van der Waals surface area (Å²) < 4.78 is 6.22. The molecule has 0 atom stereocenters. The maximum Gasteiger partial charge on any atom is 0.269 e. The molecule has 3 aromatic rings. The SMILES string of the molecule is COc1ccc2sc(-c3ccc([N+](=O)[O-])cc3)nc2c1. The topological polar surface area (TPSA) is 65.3 Å². The minimum absolute atomic E-state index is 0.0801. The summed E-state index contributed by atoms with van der Waals surface area (Å²) in [5, 5.41) is 11.5. The van der Waals surface area contributed by atoms with Gasteiger partial charge in [0.1, 0.15) is 10.8 Å². The summed E-state index contributed by atoms with van der Waals surface area (Å²) in [6, 6.07) is 12.1. The maximum atomic E-state index is 10.6. The molecule has 0 radical (unpaired) electrons. The molecule has 0 saturated heterocycles. The smallest absolute Gasteiger partial charge is 0.269 e. The predicted octanol–water partition coefficient (Wildman–Crippen LogP) is 3.88. The van der Waals surface area contributed by atoms with Crippen LogP contribution in [0.5, 0.6) is 5.75 Å². The fourth-order valence-electron chi connectivity index (χ4n) is 1.88. The van der Waals surface area contributed by atoms with Crippen LogP contribution in [0.3, 0.4) is 0 Å². The Hall–Kier alpha value is -2.47. The normalized spacial score (nSPS) is 10.7. The number of nitro benzene ring substituents is 1. The van der Waals surface area contributed by atoms with E-state index in [2.05, 4.69) is 4.98 Å². The molecule has 0 fully saturated rings. The highest BCUT2D eigenvalue weighted by molar-refractivity contribution is 7.21. The van der Waals surface area contributed by atoms with Crippen LogP contribution in [0.2, 0.25) is 0 Å². The molecular formula is C14H10N2O3S. The highest BCUT2D eigenvalue weighted by Crippen LogP contribution is 2.32. The van der Waals surface area contributed by atoms with Crippen LogP contribution in [-0.4, -0.2) is 17.0 Å². The summed E-state index contributed by atoms with van der Waals surface area (Å²) in [4.78, 5) is 14.8. The van der Waals surface area contributed by atoms with Crippen molar-refractivity contribution in [1.29, 1.82) is 0 Å². The third kappa shape index (κ3) is 2.21. The van der Waals surface area contributed by atoms with E-state index in [-0.39, 0.29) is 5.69 Å². The van der Waals surface area contributed by atoms with Crippen molar-refractivity contribution < 1.29 is 9.66 Å². The van der Waals surface area contributed by atoms with Gasteiger partial charge in [0, 0.05) is 23.8 Å². The summed E-state index contributed by atoms with van der Waals surface area (Å²) in [7, 11) is 1.62. The predicted molar refractivity (Wildman–Crippen MR) is 78.3 cm³/mol. The van der Waals surface area contributed by atoms with Gasteiger partial charge < -0.3 is 4.74 Å². The number of non-ortho nitro benzene ring substituents is 1. The molecule has 0 aliphatic carbocycles. The lowest BCUT2D eigenvalue weighted by molar-refractivity contribution is -0.384. The average Bonchev–Trinajstić information content (AvgIpc) is 2.90. The number of nitro groups is 1. The van der Waals surface area contributed by atoms with Gasteiger partial charge in [-0.3, -0.25) is 10.1 Å². The molecule has 0 saturated carbocycles. The molecule has 2 aromatic carbocycles. The van der Waals surface area contributed by atoms with Crippen LogP contribution in [0.25, 0.3) is 20.8 Å². The Kier molecular flexibility index (Phi) is 3.08. The lowest BCUT2D eigenvalue weighted by Crippen LogP contribution is -1.86. The van der Waals surface area contributed by atoms with Crippen LogP contribution in [0.1, 0.15) is 0 Å². The number of ether oxygens (including phenoxy) is 1. The number of hydrogen-bond donors (Lipinski definition) is 0. The molecule has 1 aromatic heterocycles. The Bertz CT molecular complexity index is 781. The van der Waals surface area contributed by atoms with Gasteiger partial charge >= 0.3 is 0 Å². The first-order valence-corrected chi connectivity index (χ1v) is 6.68. The van der Waals surface area contributed by atoms with Crippen molar-refractivity contribution in [3.05, 3.63) is 52.6 Å². The zero-order valence-electron chi connectivity index (χ0n) is 10.6. The highest BCUT2D eigenvalue weighted by Gasteiger charge is 2.09. The quantitative estimate of drug-likeness (QED) is 0.541. The minimum atomic E-state index is -0.410. The number of fused-ring (bicyclic) bond motifs is 1. The molecule has 1 heterocycles. The van der Waals surface area contributed by atoms with Crippen molar-refractivity contribution >= 4 is 27.2 Å². The Morgan fingerprint density at radius 1 is 1.20 bits per heavy atom. The summed E-state index contributed by atoms with van der Waals surface area (Å²) in [6.45, 7) is 0. The highest BCUT2D eigenvalue weighted by atomic mass is 32.1. The molecule has 0 amide bonds. The van der Waals surface area contributed by atoms with E-state index in [0.717, 1.165) is 26.5 Å². The van der Waals surface area contributed by atoms with E-state index in [1.165, 1.54) is 12.1 Å². The standard InChI is InChI=1S/C14H10N2O3S/c1-19-11-6-7-13-12(8-11)15-14(20-13)9-2-4-10(5-3-9)16(17)18/h2-8H,1H3. The fraction of sp³-hybridized carbons (Fsp3) is 0.0714. The first-order valence-electron chi connectivity index (χ1n) is 5.87. The van der Waals surface area contributed by atoms with Gasteiger partial charge in [-0.2, -0.15) is 0 Å². The molecule has 100 valence electrons. The van der Waals surface area contributed by atoms with Crippen LogP contribution in [0.4, 0.5) is 5.69 Å². The van der Waals surface area contributed by atoms with Gasteiger partial charge in [-0.1, -0.05) is 0 Å². The molecule has 0 aliphatic rings. The number of rotatable bonds is 3. The summed E-state index contributed by atoms with van der Waals surface area (Å²) in [5.41, 5.74) is 1.81. The van der Waals surface area contributed by atoms with E-state index >= 15 is 0 Å². The maximum absolute atomic E-state index is 10.6. The zero-order chi connectivity index (χ0) is 14.1. The Balaban J connectivity index is 2.03. The largest absolute Gasteiger partial charge is 0.497 e. The van der Waals surface area contributed by atoms with E-state index in [1.54, 1.807) is 30.6 Å². The molecule has 20 heavy (non-hydrogen) atoms. The van der Waals surface area contributed by atoms with Crippen molar-refractivity contribution in [2.75, 3.05) is 7.11 Å². The van der Waals surface area contributed by atoms with Crippen LogP contribution < -0.4 is 4.74 Å². The van der Waals surface area contributed by atoms with Gasteiger partial charge in [0.2, 0.25) is 0 Å². The molecule has 0 aliphatic heterocycles. The number of hydrogen-bond acceptors (Lipinski definition) is 5. The first-order chi connectivity index (χ1) is 9.67. The zero-order valence-corrected chi connectivity index (χ0v) is 11.4. The monoisotopic (exact) mass is 286 g/mol. The van der Waals surface area contributed by atoms with Crippen molar-refractivity contribution in [1.82, 2.24) is 4.98 Å². The number of methoxy groups -OCH3 is 1. The molecule has 6 heteroatoms. The van der Waals surface area contributed by atoms with Crippen molar-refractivity contribution in [2.24, 2.45) is 0 Å². The molecule has 0 bridgehead atoms. The first kappa shape index (κ1) is 12.6. The number of nitrogens with zero attached hydrogens (tertiary/aromatic N) is 2. The third-order valence-corrected chi connectivity index (χ3v) is 4.01. The minimum Gasteiger partial charge on any atom is -0.497 e. The lowest BCUT2D eigenvalue weighted by atomic mass is 10.2. The summed E-state index contributed by atoms with van der Waals surface area (Å²) in [5.74, 6) is 0.762. The second-order valence-electron chi connectivity index (χ2n) is 4.16. The third-order valence-electron chi connectivity index (χ3n) is 2.92. The fourth-order valence-corrected chi connectivity index (χ4v) is 2.83. The van der Waals surface area contributed by atoms with Crippen LogP contribution in [-0.2, 0) is 0 Å². The van der Waals surface area contributed by atoms with Crippen LogP contribution in [0, 0.1) is 10.1 Å². The Morgan fingerprint density at radius 3 is 2.60 bits per heavy atom. The summed E-state index contributed by atoms with van der Waals surface area (Å²) in [6.07, 6.45) is 0. The number of thiazole rings is 1. The molecule has 3 rings (SSSR count). The second-order valence-corrected chi connectivity index (χ2v) is 5.19. The van der Waals surface area contributed by atoms with E-state index < -0.39 is 4.92 Å². The van der Waals surface area contributed by atoms with Gasteiger partial charge in [0.25, 0.3) is 5.69 Å². The van der Waals surface area contributed by atoms with Crippen LogP contribution >= 0.6 is 11.3 Å². The van der Waals surface area contributed by atoms with Crippen molar-refractivity contribution in [2.45, 2.75) is 0 Å². The van der Waals surface area contributed by atoms with E-state index in [1.807, 2.05) is 18.2 Å². The molecular weight excluding hydrogens is 276 g/mol. The van der Waals surface area contributed by atoms with Gasteiger partial charge in [0.15, 0.2) is 0 Å². The van der Waals surface area contributed by atoms with E-state index in [9.17, 15) is 10.1 Å². The van der Waals surface area contributed by atoms with Gasteiger partial charge in [0.05, 0.1) is 22.2 Å². The lowest BCUT2D eigenvalue weighted by Gasteiger charge is -1.96. The molecule has 0 unspecified atom stereocenters. The van der Waals surface area contributed by atoms with Crippen LogP contribution in [0.15, 0.2) is 42.5 Å². The molecule has 5 nitrogen and oxygen atoms in total. The second kappa shape index (κ2) is 4.90.